The third-order valence-electron chi connectivity index (χ3n) is 3.40. The molecule has 85 valence electrons. The molecule has 15 heavy (non-hydrogen) atoms. The Labute approximate surface area is 90.8 Å². The summed E-state index contributed by atoms with van der Waals surface area (Å²) >= 11 is 0. The van der Waals surface area contributed by atoms with Crippen LogP contribution in [0.5, 0.6) is 0 Å². The Morgan fingerprint density at radius 2 is 1.73 bits per heavy atom. The van der Waals surface area contributed by atoms with Gasteiger partial charge < -0.3 is 9.64 Å². The molecule has 0 aromatic rings. The summed E-state index contributed by atoms with van der Waals surface area (Å²) in [7, 11) is 0. The van der Waals surface area contributed by atoms with Gasteiger partial charge in [0.25, 0.3) is 0 Å². The van der Waals surface area contributed by atoms with Crippen molar-refractivity contribution in [3.05, 3.63) is 0 Å². The molecule has 0 spiro atoms. The van der Waals surface area contributed by atoms with E-state index in [1.54, 1.807) is 0 Å². The zero-order chi connectivity index (χ0) is 10.7. The first kappa shape index (κ1) is 10.9. The zero-order valence-corrected chi connectivity index (χ0v) is 9.08. The minimum absolute atomic E-state index is 0.0683. The molecule has 1 saturated carbocycles. The highest BCUT2D eigenvalue weighted by atomic mass is 16.5. The van der Waals surface area contributed by atoms with Gasteiger partial charge in [-0.2, -0.15) is 0 Å². The molecule has 1 amide bonds. The largest absolute Gasteiger partial charge is 0.378 e. The van der Waals surface area contributed by atoms with Gasteiger partial charge in [-0.25, -0.2) is 0 Å². The molecule has 1 saturated heterocycles. The van der Waals surface area contributed by atoms with Crippen LogP contribution in [-0.2, 0) is 9.53 Å². The fourth-order valence-corrected chi connectivity index (χ4v) is 2.38. The van der Waals surface area contributed by atoms with Crippen molar-refractivity contribution in [3.8, 4) is 0 Å². The van der Waals surface area contributed by atoms with Crippen LogP contribution in [0.3, 0.4) is 0 Å². The van der Waals surface area contributed by atoms with Crippen LogP contribution in [0.1, 0.15) is 25.7 Å². The first-order valence-corrected chi connectivity index (χ1v) is 5.85. The van der Waals surface area contributed by atoms with Gasteiger partial charge in [-0.1, -0.05) is 0 Å². The van der Waals surface area contributed by atoms with Crippen molar-refractivity contribution < 1.29 is 9.53 Å². The summed E-state index contributed by atoms with van der Waals surface area (Å²) in [5.41, 5.74) is 7.60. The first-order valence-electron chi connectivity index (χ1n) is 5.85. The summed E-state index contributed by atoms with van der Waals surface area (Å²) in [5, 5.41) is 0. The molecule has 0 aromatic carbocycles. The number of carbonyl (C=O) groups excluding carboxylic acids is 1. The van der Waals surface area contributed by atoms with Gasteiger partial charge in [0.2, 0.25) is 5.91 Å². The predicted molar refractivity (Wildman–Crippen MR) is 56.2 cm³/mol. The summed E-state index contributed by atoms with van der Waals surface area (Å²) in [5.74, 6) is 0.481. The van der Waals surface area contributed by atoms with Crippen LogP contribution < -0.4 is 5.73 Å². The lowest BCUT2D eigenvalue weighted by Crippen LogP contribution is -2.44. The molecule has 0 unspecified atom stereocenters. The molecule has 0 aromatic heterocycles. The van der Waals surface area contributed by atoms with Crippen molar-refractivity contribution in [3.63, 3.8) is 0 Å². The van der Waals surface area contributed by atoms with Crippen LogP contribution in [0.4, 0.5) is 0 Å². The quantitative estimate of drug-likeness (QED) is 0.640. The predicted octanol–water partition coefficient (Wildman–Crippen LogP) is 0.687. The molecule has 4 heteroatoms. The Hall–Kier alpha value is -0.610. The van der Waals surface area contributed by atoms with Crippen molar-refractivity contribution >= 4 is 5.91 Å². The van der Waals surface area contributed by atoms with Crippen LogP contribution >= 0.6 is 0 Å². The third-order valence-corrected chi connectivity index (χ3v) is 3.40. The molecular formula is C11H19N2O2. The van der Waals surface area contributed by atoms with E-state index in [0.717, 1.165) is 38.8 Å². The minimum Gasteiger partial charge on any atom is -0.378 e. The fourth-order valence-electron chi connectivity index (χ4n) is 2.38. The Morgan fingerprint density at radius 1 is 1.13 bits per heavy atom. The van der Waals surface area contributed by atoms with E-state index >= 15 is 0 Å². The average molecular weight is 211 g/mol. The number of nitrogens with zero attached hydrogens (tertiary/aromatic N) is 1. The smallest absolute Gasteiger partial charge is 0.225 e. The second-order valence-electron chi connectivity index (χ2n) is 4.49. The van der Waals surface area contributed by atoms with Crippen LogP contribution in [0.2, 0.25) is 0 Å². The molecule has 2 rings (SSSR count). The monoisotopic (exact) mass is 211 g/mol. The first-order chi connectivity index (χ1) is 7.27. The second-order valence-corrected chi connectivity index (χ2v) is 4.49. The Bertz CT molecular complexity index is 219. The number of ether oxygens (including phenoxy) is 1. The van der Waals surface area contributed by atoms with Gasteiger partial charge in [-0.15, -0.1) is 0 Å². The maximum atomic E-state index is 12.1. The summed E-state index contributed by atoms with van der Waals surface area (Å²) in [6, 6.07) is 0.0683. The van der Waals surface area contributed by atoms with Crippen molar-refractivity contribution in [1.29, 1.82) is 0 Å². The lowest BCUT2D eigenvalue weighted by Gasteiger charge is -2.32. The summed E-state index contributed by atoms with van der Waals surface area (Å²) in [6.07, 6.45) is 3.59. The van der Waals surface area contributed by atoms with Crippen molar-refractivity contribution in [1.82, 2.24) is 10.6 Å². The minimum atomic E-state index is 0.0683. The molecule has 1 heterocycles. The van der Waals surface area contributed by atoms with E-state index in [1.807, 2.05) is 4.90 Å². The Kier molecular flexibility index (Phi) is 3.59. The number of morpholine rings is 1. The fraction of sp³-hybridized carbons (Fsp3) is 0.909. The second kappa shape index (κ2) is 4.94. The molecule has 2 fully saturated rings. The maximum Gasteiger partial charge on any atom is 0.225 e. The molecule has 0 atom stereocenters. The zero-order valence-electron chi connectivity index (χ0n) is 9.08. The molecular weight excluding hydrogens is 192 g/mol. The highest BCUT2D eigenvalue weighted by molar-refractivity contribution is 5.79. The number of hydrogen-bond donors (Lipinski definition) is 0. The molecule has 4 nitrogen and oxygen atoms in total. The van der Waals surface area contributed by atoms with Gasteiger partial charge in [0.15, 0.2) is 0 Å². The van der Waals surface area contributed by atoms with Gasteiger partial charge in [0, 0.05) is 25.0 Å². The number of nitrogens with one attached hydrogen (secondary N) is 1. The van der Waals surface area contributed by atoms with Gasteiger partial charge in [0.05, 0.1) is 13.2 Å². The van der Waals surface area contributed by atoms with Crippen molar-refractivity contribution in [2.75, 3.05) is 26.3 Å². The van der Waals surface area contributed by atoms with E-state index in [2.05, 4.69) is 0 Å². The highest BCUT2D eigenvalue weighted by Crippen LogP contribution is 2.25. The van der Waals surface area contributed by atoms with Crippen molar-refractivity contribution in [2.24, 2.45) is 5.92 Å². The third kappa shape index (κ3) is 2.69. The summed E-state index contributed by atoms with van der Waals surface area (Å²) in [4.78, 5) is 14.0. The van der Waals surface area contributed by atoms with Crippen LogP contribution in [0, 0.1) is 5.92 Å². The van der Waals surface area contributed by atoms with E-state index in [1.165, 1.54) is 0 Å². The van der Waals surface area contributed by atoms with Gasteiger partial charge in [0.1, 0.15) is 0 Å². The lowest BCUT2D eigenvalue weighted by molar-refractivity contribution is -0.140. The SMILES string of the molecule is [NH]C1CCC(C(=O)N2CCOCC2)CC1. The Balaban J connectivity index is 1.84. The average Bonchev–Trinajstić information content (AvgIpc) is 2.30. The highest BCUT2D eigenvalue weighted by Gasteiger charge is 2.29. The van der Waals surface area contributed by atoms with E-state index in [4.69, 9.17) is 10.5 Å². The topological polar surface area (TPSA) is 53.3 Å². The van der Waals surface area contributed by atoms with E-state index in [-0.39, 0.29) is 12.0 Å². The van der Waals surface area contributed by atoms with Crippen molar-refractivity contribution in [2.45, 2.75) is 31.7 Å². The standard InChI is InChI=1S/C11H19N2O2/c12-10-3-1-9(2-4-10)11(14)13-5-7-15-8-6-13/h9-10,12H,1-8H2. The summed E-state index contributed by atoms with van der Waals surface area (Å²) in [6.45, 7) is 2.86. The number of carbonyl (C=O) groups is 1. The number of amides is 1. The van der Waals surface area contributed by atoms with Crippen LogP contribution in [-0.4, -0.2) is 43.2 Å². The molecule has 1 N–H and O–H groups in total. The van der Waals surface area contributed by atoms with Crippen LogP contribution in [0.25, 0.3) is 0 Å². The molecule has 2 aliphatic rings. The van der Waals surface area contributed by atoms with E-state index in [9.17, 15) is 4.79 Å². The molecule has 1 radical (unpaired) electrons. The van der Waals surface area contributed by atoms with Crippen LogP contribution in [0.15, 0.2) is 0 Å². The van der Waals surface area contributed by atoms with Gasteiger partial charge in [-0.05, 0) is 25.7 Å². The van der Waals surface area contributed by atoms with E-state index in [0.29, 0.717) is 19.1 Å². The maximum absolute atomic E-state index is 12.1. The molecule has 0 bridgehead atoms. The summed E-state index contributed by atoms with van der Waals surface area (Å²) < 4.78 is 5.23. The van der Waals surface area contributed by atoms with Gasteiger partial charge in [-0.3, -0.25) is 10.5 Å². The molecule has 1 aliphatic carbocycles. The van der Waals surface area contributed by atoms with E-state index < -0.39 is 0 Å². The van der Waals surface area contributed by atoms with Gasteiger partial charge >= 0.3 is 0 Å². The normalized spacial score (nSPS) is 32.7. The Morgan fingerprint density at radius 3 is 2.33 bits per heavy atom. The molecule has 1 aliphatic heterocycles. The number of rotatable bonds is 1. The lowest BCUT2D eigenvalue weighted by atomic mass is 9.85. The number of hydrogen-bond acceptors (Lipinski definition) is 2.